The molecule has 0 bridgehead atoms. The van der Waals surface area contributed by atoms with Crippen LogP contribution in [0, 0.1) is 5.41 Å². The van der Waals surface area contributed by atoms with Gasteiger partial charge in [-0.25, -0.2) is 0 Å². The number of carbonyl (C=O) groups is 2. The molecule has 2 amide bonds. The van der Waals surface area contributed by atoms with Crippen LogP contribution in [-0.4, -0.2) is 71.8 Å². The summed E-state index contributed by atoms with van der Waals surface area (Å²) in [7, 11) is 0. The van der Waals surface area contributed by atoms with Crippen molar-refractivity contribution in [3.05, 3.63) is 28.7 Å². The van der Waals surface area contributed by atoms with E-state index in [-0.39, 0.29) is 38.1 Å². The Bertz CT molecular complexity index is 612. The van der Waals surface area contributed by atoms with E-state index in [1.165, 1.54) is 4.90 Å². The monoisotopic (exact) mass is 464 g/mol. The normalized spacial score (nSPS) is 12.4. The third-order valence-corrected chi connectivity index (χ3v) is 4.74. The van der Waals surface area contributed by atoms with E-state index in [9.17, 15) is 19.8 Å². The number of alkyl halides is 1. The van der Waals surface area contributed by atoms with E-state index in [1.54, 1.807) is 13.8 Å². The van der Waals surface area contributed by atoms with Crippen LogP contribution in [-0.2, 0) is 9.59 Å². The van der Waals surface area contributed by atoms with E-state index in [0.29, 0.717) is 12.3 Å². The highest BCUT2D eigenvalue weighted by atomic mass is 79.9. The Morgan fingerprint density at radius 3 is 2.48 bits per heavy atom. The predicted octanol–water partition coefficient (Wildman–Crippen LogP) is 1.39. The minimum Gasteiger partial charge on any atom is -0.492 e. The van der Waals surface area contributed by atoms with E-state index < -0.39 is 17.4 Å². The van der Waals surface area contributed by atoms with E-state index in [0.717, 1.165) is 4.47 Å². The minimum atomic E-state index is -1.35. The first-order valence-electron chi connectivity index (χ1n) is 8.50. The molecule has 0 spiro atoms. The molecule has 0 unspecified atom stereocenters. The highest BCUT2D eigenvalue weighted by Crippen LogP contribution is 2.19. The van der Waals surface area contributed by atoms with E-state index >= 15 is 0 Å². The third kappa shape index (κ3) is 8.04. The molecule has 7 nitrogen and oxygen atoms in total. The number of nitrogens with one attached hydrogen (secondary N) is 1. The van der Waals surface area contributed by atoms with Crippen molar-refractivity contribution in [1.29, 1.82) is 0 Å². The van der Waals surface area contributed by atoms with Crippen molar-refractivity contribution in [1.82, 2.24) is 10.2 Å². The van der Waals surface area contributed by atoms with Gasteiger partial charge in [-0.1, -0.05) is 29.8 Å². The number of amides is 2. The Morgan fingerprint density at radius 2 is 1.93 bits per heavy atom. The number of aliphatic hydroxyl groups excluding tert-OH is 2. The Balaban J connectivity index is 2.47. The maximum atomic E-state index is 12.0. The summed E-state index contributed by atoms with van der Waals surface area (Å²) in [6, 6.07) is 7.32. The first-order chi connectivity index (χ1) is 12.7. The number of halogens is 2. The first kappa shape index (κ1) is 23.7. The molecular formula is C18H26BrClN2O5. The van der Waals surface area contributed by atoms with Crippen LogP contribution in [0.2, 0.25) is 0 Å². The number of benzene rings is 1. The smallest absolute Gasteiger partial charge is 0.249 e. The molecule has 0 aliphatic rings. The van der Waals surface area contributed by atoms with Gasteiger partial charge in [-0.2, -0.15) is 0 Å². The number of aliphatic hydroxyl groups is 2. The van der Waals surface area contributed by atoms with E-state index in [2.05, 4.69) is 21.2 Å². The van der Waals surface area contributed by atoms with Gasteiger partial charge in [0.15, 0.2) is 0 Å². The molecule has 152 valence electrons. The largest absolute Gasteiger partial charge is 0.492 e. The summed E-state index contributed by atoms with van der Waals surface area (Å²) in [6.45, 7) is 3.80. The van der Waals surface area contributed by atoms with Crippen LogP contribution < -0.4 is 10.1 Å². The molecule has 0 radical (unpaired) electrons. The highest BCUT2D eigenvalue weighted by molar-refractivity contribution is 9.10. The molecule has 0 heterocycles. The van der Waals surface area contributed by atoms with Gasteiger partial charge in [-0.3, -0.25) is 9.59 Å². The molecule has 0 saturated heterocycles. The Kier molecular flexibility index (Phi) is 10.1. The molecular weight excluding hydrogens is 440 g/mol. The van der Waals surface area contributed by atoms with Crippen molar-refractivity contribution in [2.75, 3.05) is 38.7 Å². The number of carbonyl (C=O) groups excluding carboxylic acids is 2. The summed E-state index contributed by atoms with van der Waals surface area (Å²) < 4.78 is 6.54. The second-order valence-corrected chi connectivity index (χ2v) is 7.84. The number of hydrogen-bond acceptors (Lipinski definition) is 5. The van der Waals surface area contributed by atoms with E-state index in [1.807, 2.05) is 24.3 Å². The molecule has 3 N–H and O–H groups in total. The first-order valence-corrected chi connectivity index (χ1v) is 9.82. The summed E-state index contributed by atoms with van der Waals surface area (Å²) in [6.07, 6.45) is -1.35. The molecule has 1 aromatic rings. The lowest BCUT2D eigenvalue weighted by atomic mass is 9.87. The van der Waals surface area contributed by atoms with Crippen LogP contribution in [0.25, 0.3) is 0 Å². The van der Waals surface area contributed by atoms with Gasteiger partial charge >= 0.3 is 0 Å². The molecule has 0 aliphatic carbocycles. The van der Waals surface area contributed by atoms with Crippen molar-refractivity contribution < 1.29 is 24.5 Å². The van der Waals surface area contributed by atoms with Gasteiger partial charge in [0.05, 0.1) is 13.2 Å². The van der Waals surface area contributed by atoms with Gasteiger partial charge < -0.3 is 25.2 Å². The van der Waals surface area contributed by atoms with Crippen LogP contribution in [0.15, 0.2) is 28.7 Å². The van der Waals surface area contributed by atoms with Crippen molar-refractivity contribution >= 4 is 39.3 Å². The number of ether oxygens (including phenoxy) is 1. The van der Waals surface area contributed by atoms with E-state index in [4.69, 9.17) is 16.3 Å². The second kappa shape index (κ2) is 11.5. The number of nitrogens with zero attached hydrogens (tertiary/aromatic N) is 1. The van der Waals surface area contributed by atoms with Crippen molar-refractivity contribution in [3.63, 3.8) is 0 Å². The minimum absolute atomic E-state index is 0.151. The van der Waals surface area contributed by atoms with Crippen LogP contribution in [0.4, 0.5) is 0 Å². The predicted molar refractivity (Wildman–Crippen MR) is 107 cm³/mol. The molecule has 1 aromatic carbocycles. The quantitative estimate of drug-likeness (QED) is 0.429. The molecule has 1 rings (SSSR count). The average Bonchev–Trinajstić information content (AvgIpc) is 2.66. The van der Waals surface area contributed by atoms with Gasteiger partial charge in [-0.05, 0) is 24.3 Å². The Labute approximate surface area is 172 Å². The zero-order valence-electron chi connectivity index (χ0n) is 15.5. The van der Waals surface area contributed by atoms with Crippen LogP contribution in [0.1, 0.15) is 13.8 Å². The van der Waals surface area contributed by atoms with Gasteiger partial charge in [-0.15, -0.1) is 11.6 Å². The summed E-state index contributed by atoms with van der Waals surface area (Å²) >= 11 is 8.98. The lowest BCUT2D eigenvalue weighted by Crippen LogP contribution is -2.48. The zero-order chi connectivity index (χ0) is 20.4. The number of hydrogen-bond donors (Lipinski definition) is 3. The lowest BCUT2D eigenvalue weighted by Gasteiger charge is -2.28. The van der Waals surface area contributed by atoms with Gasteiger partial charge in [0.25, 0.3) is 0 Å². The van der Waals surface area contributed by atoms with Gasteiger partial charge in [0.2, 0.25) is 11.8 Å². The maximum Gasteiger partial charge on any atom is 0.249 e. The summed E-state index contributed by atoms with van der Waals surface area (Å²) in [5.41, 5.74) is -0.950. The van der Waals surface area contributed by atoms with Crippen LogP contribution in [0.5, 0.6) is 5.75 Å². The van der Waals surface area contributed by atoms with Crippen molar-refractivity contribution in [2.24, 2.45) is 5.41 Å². The molecule has 0 fully saturated rings. The summed E-state index contributed by atoms with van der Waals surface area (Å²) in [5, 5.41) is 21.7. The zero-order valence-corrected chi connectivity index (χ0v) is 17.8. The summed E-state index contributed by atoms with van der Waals surface area (Å²) in [4.78, 5) is 25.4. The second-order valence-electron chi connectivity index (χ2n) is 6.66. The Morgan fingerprint density at radius 1 is 1.30 bits per heavy atom. The fraction of sp³-hybridized carbons (Fsp3) is 0.556. The topological polar surface area (TPSA) is 99.1 Å². The summed E-state index contributed by atoms with van der Waals surface area (Å²) in [5.74, 6) is -0.369. The maximum absolute atomic E-state index is 12.0. The standard InChI is InChI=1S/C18H26BrClN2O5/c1-18(2,12-23)16(25)17(26)21-7-8-22(15(24)11-20)9-10-27-14-5-3-13(19)4-6-14/h3-6,16,23,25H,7-12H2,1-2H3,(H,21,26)/t16-/m0/s1. The van der Waals surface area contributed by atoms with Gasteiger partial charge in [0, 0.05) is 23.0 Å². The highest BCUT2D eigenvalue weighted by Gasteiger charge is 2.32. The SMILES string of the molecule is CC(C)(CO)[C@@H](O)C(=O)NCCN(CCOc1ccc(Br)cc1)C(=O)CCl. The lowest BCUT2D eigenvalue weighted by molar-refractivity contribution is -0.137. The molecule has 1 atom stereocenters. The van der Waals surface area contributed by atoms with Gasteiger partial charge in [0.1, 0.15) is 24.3 Å². The fourth-order valence-electron chi connectivity index (χ4n) is 2.10. The van der Waals surface area contributed by atoms with Crippen LogP contribution >= 0.6 is 27.5 Å². The number of rotatable bonds is 11. The molecule has 0 aliphatic heterocycles. The van der Waals surface area contributed by atoms with Crippen molar-refractivity contribution in [2.45, 2.75) is 20.0 Å². The van der Waals surface area contributed by atoms with Crippen molar-refractivity contribution in [3.8, 4) is 5.75 Å². The molecule has 9 heteroatoms. The molecule has 27 heavy (non-hydrogen) atoms. The average molecular weight is 466 g/mol. The fourth-order valence-corrected chi connectivity index (χ4v) is 2.54. The molecule has 0 saturated carbocycles. The Hall–Kier alpha value is -1.35. The molecule has 0 aromatic heterocycles. The van der Waals surface area contributed by atoms with Crippen LogP contribution in [0.3, 0.4) is 0 Å². The third-order valence-electron chi connectivity index (χ3n) is 3.99.